The van der Waals surface area contributed by atoms with Crippen LogP contribution in [0.2, 0.25) is 0 Å². The average molecular weight is 210 g/mol. The lowest BCUT2D eigenvalue weighted by molar-refractivity contribution is -0.103. The van der Waals surface area contributed by atoms with Gasteiger partial charge in [0.15, 0.2) is 6.29 Å². The molecule has 1 aromatic carbocycles. The maximum atomic E-state index is 11.0. The average Bonchev–Trinajstić information content (AvgIpc) is 2.38. The molecule has 78 valence electrons. The molecule has 1 aromatic heterocycles. The zero-order valence-electron chi connectivity index (χ0n) is 8.58. The van der Waals surface area contributed by atoms with E-state index in [1.165, 1.54) is 0 Å². The first-order chi connectivity index (χ1) is 7.90. The van der Waals surface area contributed by atoms with Crippen molar-refractivity contribution in [3.63, 3.8) is 0 Å². The van der Waals surface area contributed by atoms with E-state index < -0.39 is 0 Å². The summed E-state index contributed by atoms with van der Waals surface area (Å²) in [6.07, 6.45) is 7.29. The third kappa shape index (κ3) is 2.39. The zero-order valence-corrected chi connectivity index (χ0v) is 8.58. The van der Waals surface area contributed by atoms with Gasteiger partial charge in [0, 0.05) is 18.0 Å². The number of hydrogen-bond acceptors (Lipinski definition) is 3. The van der Waals surface area contributed by atoms with Gasteiger partial charge in [0.25, 0.3) is 0 Å². The molecule has 16 heavy (non-hydrogen) atoms. The summed E-state index contributed by atoms with van der Waals surface area (Å²) in [6.45, 7) is 0. The van der Waals surface area contributed by atoms with Gasteiger partial charge in [-0.05, 0) is 11.6 Å². The number of aromatic nitrogens is 2. The molecule has 2 rings (SSSR count). The molecule has 3 heteroatoms. The Morgan fingerprint density at radius 3 is 2.56 bits per heavy atom. The van der Waals surface area contributed by atoms with Crippen molar-refractivity contribution >= 4 is 17.9 Å². The Morgan fingerprint density at radius 2 is 1.94 bits per heavy atom. The van der Waals surface area contributed by atoms with Crippen LogP contribution >= 0.6 is 0 Å². The zero-order chi connectivity index (χ0) is 11.2. The number of hydrogen-bond donors (Lipinski definition) is 0. The minimum atomic E-state index is 0.527. The number of nitrogens with zero attached hydrogens (tertiary/aromatic N) is 2. The van der Waals surface area contributed by atoms with Crippen molar-refractivity contribution in [1.82, 2.24) is 9.97 Å². The Balaban J connectivity index is 2.38. The SMILES string of the molecule is O=CC(=Cc1ccccc1)c1cnccn1. The quantitative estimate of drug-likeness (QED) is 0.576. The third-order valence-corrected chi connectivity index (χ3v) is 2.11. The van der Waals surface area contributed by atoms with Crippen molar-refractivity contribution in [3.05, 3.63) is 60.2 Å². The molecule has 3 nitrogen and oxygen atoms in total. The maximum absolute atomic E-state index is 11.0. The van der Waals surface area contributed by atoms with Gasteiger partial charge >= 0.3 is 0 Å². The van der Waals surface area contributed by atoms with E-state index in [2.05, 4.69) is 9.97 Å². The molecule has 0 N–H and O–H groups in total. The van der Waals surface area contributed by atoms with Gasteiger partial charge in [-0.2, -0.15) is 0 Å². The molecule has 0 aliphatic rings. The highest BCUT2D eigenvalue weighted by Crippen LogP contribution is 2.12. The van der Waals surface area contributed by atoms with Crippen LogP contribution in [0.1, 0.15) is 11.3 Å². The summed E-state index contributed by atoms with van der Waals surface area (Å²) in [5, 5.41) is 0. The van der Waals surface area contributed by atoms with E-state index in [1.54, 1.807) is 24.7 Å². The topological polar surface area (TPSA) is 42.9 Å². The van der Waals surface area contributed by atoms with Crippen molar-refractivity contribution in [2.75, 3.05) is 0 Å². The van der Waals surface area contributed by atoms with Crippen LogP contribution in [0.4, 0.5) is 0 Å². The molecule has 0 bridgehead atoms. The van der Waals surface area contributed by atoms with E-state index in [0.717, 1.165) is 11.8 Å². The van der Waals surface area contributed by atoms with Gasteiger partial charge in [0.2, 0.25) is 0 Å². The molecule has 0 unspecified atom stereocenters. The summed E-state index contributed by atoms with van der Waals surface area (Å²) in [6, 6.07) is 9.63. The van der Waals surface area contributed by atoms with E-state index in [-0.39, 0.29) is 0 Å². The second kappa shape index (κ2) is 4.98. The predicted octanol–water partition coefficient (Wildman–Crippen LogP) is 2.22. The maximum Gasteiger partial charge on any atom is 0.152 e. The van der Waals surface area contributed by atoms with E-state index in [4.69, 9.17) is 0 Å². The first kappa shape index (κ1) is 10.2. The molecule has 0 saturated carbocycles. The Kier molecular flexibility index (Phi) is 3.18. The minimum Gasteiger partial charge on any atom is -0.298 e. The third-order valence-electron chi connectivity index (χ3n) is 2.11. The van der Waals surface area contributed by atoms with Crippen LogP contribution in [0.5, 0.6) is 0 Å². The van der Waals surface area contributed by atoms with Crippen LogP contribution < -0.4 is 0 Å². The lowest BCUT2D eigenvalue weighted by Crippen LogP contribution is -1.90. The number of benzene rings is 1. The predicted molar refractivity (Wildman–Crippen MR) is 62.4 cm³/mol. The molecule has 0 fully saturated rings. The second-order valence-corrected chi connectivity index (χ2v) is 3.22. The molecular weight excluding hydrogens is 200 g/mol. The summed E-state index contributed by atoms with van der Waals surface area (Å²) in [4.78, 5) is 19.0. The first-order valence-electron chi connectivity index (χ1n) is 4.88. The number of allylic oxidation sites excluding steroid dienone is 1. The van der Waals surface area contributed by atoms with E-state index >= 15 is 0 Å². The fourth-order valence-electron chi connectivity index (χ4n) is 1.35. The second-order valence-electron chi connectivity index (χ2n) is 3.22. The smallest absolute Gasteiger partial charge is 0.152 e. The highest BCUT2D eigenvalue weighted by molar-refractivity contribution is 6.12. The van der Waals surface area contributed by atoms with E-state index in [1.807, 2.05) is 30.3 Å². The van der Waals surface area contributed by atoms with Crippen molar-refractivity contribution < 1.29 is 4.79 Å². The molecule has 0 amide bonds. The Bertz CT molecular complexity index is 492. The first-order valence-corrected chi connectivity index (χ1v) is 4.88. The van der Waals surface area contributed by atoms with Gasteiger partial charge in [-0.1, -0.05) is 30.3 Å². The number of rotatable bonds is 3. The highest BCUT2D eigenvalue weighted by atomic mass is 16.1. The number of carbonyl (C=O) groups excluding carboxylic acids is 1. The molecule has 2 aromatic rings. The minimum absolute atomic E-state index is 0.527. The largest absolute Gasteiger partial charge is 0.298 e. The summed E-state index contributed by atoms with van der Waals surface area (Å²) in [7, 11) is 0. The molecule has 0 aliphatic carbocycles. The van der Waals surface area contributed by atoms with Crippen molar-refractivity contribution in [1.29, 1.82) is 0 Å². The van der Waals surface area contributed by atoms with Crippen molar-refractivity contribution in [2.45, 2.75) is 0 Å². The number of carbonyl (C=O) groups is 1. The fourth-order valence-corrected chi connectivity index (χ4v) is 1.35. The van der Waals surface area contributed by atoms with Gasteiger partial charge in [-0.3, -0.25) is 14.8 Å². The van der Waals surface area contributed by atoms with Gasteiger partial charge in [0.1, 0.15) is 0 Å². The van der Waals surface area contributed by atoms with Crippen LogP contribution in [0, 0.1) is 0 Å². The Morgan fingerprint density at radius 1 is 1.12 bits per heavy atom. The van der Waals surface area contributed by atoms with Gasteiger partial charge < -0.3 is 0 Å². The molecule has 0 spiro atoms. The van der Waals surface area contributed by atoms with Gasteiger partial charge in [-0.25, -0.2) is 0 Å². The Labute approximate surface area is 93.5 Å². The molecule has 0 radical (unpaired) electrons. The summed E-state index contributed by atoms with van der Waals surface area (Å²) in [5.41, 5.74) is 2.08. The lowest BCUT2D eigenvalue weighted by atomic mass is 10.1. The summed E-state index contributed by atoms with van der Waals surface area (Å²) in [5.74, 6) is 0. The number of aldehydes is 1. The highest BCUT2D eigenvalue weighted by Gasteiger charge is 2.01. The Hall–Kier alpha value is -2.29. The van der Waals surface area contributed by atoms with Crippen molar-refractivity contribution in [2.24, 2.45) is 0 Å². The normalized spacial score (nSPS) is 11.1. The van der Waals surface area contributed by atoms with Crippen LogP contribution in [-0.2, 0) is 4.79 Å². The molecule has 0 saturated heterocycles. The van der Waals surface area contributed by atoms with Gasteiger partial charge in [0.05, 0.1) is 11.9 Å². The van der Waals surface area contributed by atoms with E-state index in [0.29, 0.717) is 11.3 Å². The lowest BCUT2D eigenvalue weighted by Gasteiger charge is -1.98. The van der Waals surface area contributed by atoms with Crippen LogP contribution in [-0.4, -0.2) is 16.3 Å². The molecule has 0 aliphatic heterocycles. The standard InChI is InChI=1S/C13H10N2O/c16-10-12(13-9-14-6-7-15-13)8-11-4-2-1-3-5-11/h1-10H. The van der Waals surface area contributed by atoms with E-state index in [9.17, 15) is 4.79 Å². The molecular formula is C13H10N2O. The monoisotopic (exact) mass is 210 g/mol. The van der Waals surface area contributed by atoms with Crippen molar-refractivity contribution in [3.8, 4) is 0 Å². The van der Waals surface area contributed by atoms with Crippen LogP contribution in [0.15, 0.2) is 48.9 Å². The molecule has 0 atom stereocenters. The van der Waals surface area contributed by atoms with Crippen LogP contribution in [0.3, 0.4) is 0 Å². The summed E-state index contributed by atoms with van der Waals surface area (Å²) < 4.78 is 0. The van der Waals surface area contributed by atoms with Crippen LogP contribution in [0.25, 0.3) is 11.6 Å². The fraction of sp³-hybridized carbons (Fsp3) is 0. The molecule has 1 heterocycles. The summed E-state index contributed by atoms with van der Waals surface area (Å²) >= 11 is 0. The van der Waals surface area contributed by atoms with Gasteiger partial charge in [-0.15, -0.1) is 0 Å².